The SMILES string of the molecule is CCN(CC)C(=O)c1cccc(C(=O)Nc2cc(C)c(Cl)cc2OC)c1. The summed E-state index contributed by atoms with van der Waals surface area (Å²) in [5, 5.41) is 3.38. The molecule has 26 heavy (non-hydrogen) atoms. The molecular formula is C20H23ClN2O3. The van der Waals surface area contributed by atoms with Crippen molar-refractivity contribution in [2.75, 3.05) is 25.5 Å². The maximum absolute atomic E-state index is 12.6. The third-order valence-corrected chi connectivity index (χ3v) is 4.56. The fourth-order valence-electron chi connectivity index (χ4n) is 2.61. The largest absolute Gasteiger partial charge is 0.495 e. The Labute approximate surface area is 158 Å². The lowest BCUT2D eigenvalue weighted by atomic mass is 10.1. The number of aryl methyl sites for hydroxylation is 1. The van der Waals surface area contributed by atoms with Crippen LogP contribution in [0.4, 0.5) is 5.69 Å². The summed E-state index contributed by atoms with van der Waals surface area (Å²) in [5.41, 5.74) is 2.24. The molecule has 138 valence electrons. The lowest BCUT2D eigenvalue weighted by Crippen LogP contribution is -2.30. The van der Waals surface area contributed by atoms with Gasteiger partial charge in [-0.15, -0.1) is 0 Å². The minimum atomic E-state index is -0.320. The van der Waals surface area contributed by atoms with Gasteiger partial charge in [-0.3, -0.25) is 9.59 Å². The molecule has 0 saturated carbocycles. The van der Waals surface area contributed by atoms with Crippen LogP contribution in [0.3, 0.4) is 0 Å². The Bertz CT molecular complexity index is 817. The van der Waals surface area contributed by atoms with Crippen molar-refractivity contribution in [3.8, 4) is 5.75 Å². The van der Waals surface area contributed by atoms with E-state index in [1.165, 1.54) is 7.11 Å². The number of ether oxygens (including phenoxy) is 1. The van der Waals surface area contributed by atoms with Gasteiger partial charge < -0.3 is 15.0 Å². The topological polar surface area (TPSA) is 58.6 Å². The number of hydrogen-bond donors (Lipinski definition) is 1. The molecule has 6 heteroatoms. The Kier molecular flexibility index (Phi) is 6.64. The molecule has 0 heterocycles. The summed E-state index contributed by atoms with van der Waals surface area (Å²) in [6.45, 7) is 6.93. The first kappa shape index (κ1) is 19.8. The van der Waals surface area contributed by atoms with Gasteiger partial charge in [-0.1, -0.05) is 17.7 Å². The van der Waals surface area contributed by atoms with Crippen LogP contribution in [0.15, 0.2) is 36.4 Å². The minimum absolute atomic E-state index is 0.0930. The summed E-state index contributed by atoms with van der Waals surface area (Å²) in [5.74, 6) is 0.0631. The van der Waals surface area contributed by atoms with Gasteiger partial charge in [0.05, 0.1) is 12.8 Å². The zero-order chi connectivity index (χ0) is 19.3. The lowest BCUT2D eigenvalue weighted by Gasteiger charge is -2.19. The Morgan fingerprint density at radius 2 is 1.77 bits per heavy atom. The maximum Gasteiger partial charge on any atom is 0.255 e. The minimum Gasteiger partial charge on any atom is -0.495 e. The Morgan fingerprint density at radius 3 is 2.38 bits per heavy atom. The first-order valence-corrected chi connectivity index (χ1v) is 8.83. The van der Waals surface area contributed by atoms with Crippen LogP contribution in [-0.2, 0) is 0 Å². The summed E-state index contributed by atoms with van der Waals surface area (Å²) in [4.78, 5) is 26.8. The van der Waals surface area contributed by atoms with Gasteiger partial charge >= 0.3 is 0 Å². The molecule has 0 radical (unpaired) electrons. The molecule has 0 unspecified atom stereocenters. The molecule has 1 N–H and O–H groups in total. The van der Waals surface area contributed by atoms with Gasteiger partial charge in [0.1, 0.15) is 5.75 Å². The molecule has 5 nitrogen and oxygen atoms in total. The molecule has 0 atom stereocenters. The number of carbonyl (C=O) groups excluding carboxylic acids is 2. The van der Waals surface area contributed by atoms with E-state index in [2.05, 4.69) is 5.32 Å². The second-order valence-electron chi connectivity index (χ2n) is 5.81. The summed E-state index contributed by atoms with van der Waals surface area (Å²) in [7, 11) is 1.51. The maximum atomic E-state index is 12.6. The molecule has 0 aliphatic rings. The van der Waals surface area contributed by atoms with E-state index in [0.717, 1.165) is 5.56 Å². The van der Waals surface area contributed by atoms with Crippen molar-refractivity contribution in [2.45, 2.75) is 20.8 Å². The van der Waals surface area contributed by atoms with Crippen LogP contribution in [0.25, 0.3) is 0 Å². The predicted molar refractivity (Wildman–Crippen MR) is 104 cm³/mol. The van der Waals surface area contributed by atoms with Crippen LogP contribution in [0.2, 0.25) is 5.02 Å². The number of nitrogens with one attached hydrogen (secondary N) is 1. The zero-order valence-electron chi connectivity index (χ0n) is 15.4. The van der Waals surface area contributed by atoms with E-state index in [1.807, 2.05) is 20.8 Å². The van der Waals surface area contributed by atoms with Gasteiger partial charge in [0.2, 0.25) is 0 Å². The summed E-state index contributed by atoms with van der Waals surface area (Å²) >= 11 is 6.10. The van der Waals surface area contributed by atoms with Gasteiger partial charge in [-0.05, 0) is 50.6 Å². The number of halogens is 1. The summed E-state index contributed by atoms with van der Waals surface area (Å²) in [6, 6.07) is 10.1. The van der Waals surface area contributed by atoms with Gasteiger partial charge in [0.25, 0.3) is 11.8 Å². The van der Waals surface area contributed by atoms with Gasteiger partial charge in [-0.25, -0.2) is 0 Å². The molecule has 2 aromatic carbocycles. The van der Waals surface area contributed by atoms with Crippen LogP contribution in [0.1, 0.15) is 40.1 Å². The van der Waals surface area contributed by atoms with Crippen molar-refractivity contribution < 1.29 is 14.3 Å². The van der Waals surface area contributed by atoms with Crippen LogP contribution in [0, 0.1) is 6.92 Å². The van der Waals surface area contributed by atoms with Crippen molar-refractivity contribution in [2.24, 2.45) is 0 Å². The average Bonchev–Trinajstić information content (AvgIpc) is 2.65. The third kappa shape index (κ3) is 4.35. The molecule has 0 aliphatic heterocycles. The van der Waals surface area contributed by atoms with Crippen molar-refractivity contribution >= 4 is 29.1 Å². The first-order valence-electron chi connectivity index (χ1n) is 8.46. The quantitative estimate of drug-likeness (QED) is 0.815. The Hall–Kier alpha value is -2.53. The molecule has 2 aromatic rings. The monoisotopic (exact) mass is 374 g/mol. The Balaban J connectivity index is 2.27. The summed E-state index contributed by atoms with van der Waals surface area (Å²) in [6.07, 6.45) is 0. The zero-order valence-corrected chi connectivity index (χ0v) is 16.2. The number of carbonyl (C=O) groups is 2. The fourth-order valence-corrected chi connectivity index (χ4v) is 2.76. The van der Waals surface area contributed by atoms with E-state index in [-0.39, 0.29) is 11.8 Å². The van der Waals surface area contributed by atoms with E-state index in [1.54, 1.807) is 41.3 Å². The number of methoxy groups -OCH3 is 1. The number of amides is 2. The molecule has 0 saturated heterocycles. The molecule has 0 fully saturated rings. The highest BCUT2D eigenvalue weighted by Crippen LogP contribution is 2.31. The third-order valence-electron chi connectivity index (χ3n) is 4.15. The van der Waals surface area contributed by atoms with E-state index in [4.69, 9.17) is 16.3 Å². The second kappa shape index (κ2) is 8.72. The first-order chi connectivity index (χ1) is 12.4. The van der Waals surface area contributed by atoms with E-state index in [0.29, 0.717) is 40.7 Å². The summed E-state index contributed by atoms with van der Waals surface area (Å²) < 4.78 is 5.28. The molecule has 0 aliphatic carbocycles. The van der Waals surface area contributed by atoms with E-state index < -0.39 is 0 Å². The second-order valence-corrected chi connectivity index (χ2v) is 6.22. The number of anilines is 1. The normalized spacial score (nSPS) is 10.3. The van der Waals surface area contributed by atoms with E-state index in [9.17, 15) is 9.59 Å². The van der Waals surface area contributed by atoms with Crippen LogP contribution in [-0.4, -0.2) is 36.9 Å². The van der Waals surface area contributed by atoms with Gasteiger partial charge in [0, 0.05) is 35.3 Å². The van der Waals surface area contributed by atoms with E-state index >= 15 is 0 Å². The number of rotatable bonds is 6. The van der Waals surface area contributed by atoms with Crippen molar-refractivity contribution in [1.82, 2.24) is 4.90 Å². The van der Waals surface area contributed by atoms with Crippen LogP contribution >= 0.6 is 11.6 Å². The average molecular weight is 375 g/mol. The highest BCUT2D eigenvalue weighted by molar-refractivity contribution is 6.31. The van der Waals surface area contributed by atoms with Crippen molar-refractivity contribution in [3.05, 3.63) is 58.1 Å². The molecule has 2 rings (SSSR count). The lowest BCUT2D eigenvalue weighted by molar-refractivity contribution is 0.0773. The molecule has 2 amide bonds. The van der Waals surface area contributed by atoms with Gasteiger partial charge in [0.15, 0.2) is 0 Å². The molecule has 0 aromatic heterocycles. The number of benzene rings is 2. The standard InChI is InChI=1S/C20H23ClN2O3/c1-5-23(6-2)20(25)15-9-7-8-14(11-15)19(24)22-17-10-13(3)16(21)12-18(17)26-4/h7-12H,5-6H2,1-4H3,(H,22,24). The van der Waals surface area contributed by atoms with Crippen molar-refractivity contribution in [3.63, 3.8) is 0 Å². The Morgan fingerprint density at radius 1 is 1.12 bits per heavy atom. The van der Waals surface area contributed by atoms with Gasteiger partial charge in [-0.2, -0.15) is 0 Å². The smallest absolute Gasteiger partial charge is 0.255 e. The highest BCUT2D eigenvalue weighted by Gasteiger charge is 2.16. The predicted octanol–water partition coefficient (Wildman–Crippen LogP) is 4.39. The number of nitrogens with zero attached hydrogens (tertiary/aromatic N) is 1. The van der Waals surface area contributed by atoms with Crippen molar-refractivity contribution in [1.29, 1.82) is 0 Å². The number of hydrogen-bond acceptors (Lipinski definition) is 3. The molecule has 0 bridgehead atoms. The fraction of sp³-hybridized carbons (Fsp3) is 0.300. The molecular weight excluding hydrogens is 352 g/mol. The highest BCUT2D eigenvalue weighted by atomic mass is 35.5. The molecule has 0 spiro atoms. The van der Waals surface area contributed by atoms with Crippen LogP contribution < -0.4 is 10.1 Å². The van der Waals surface area contributed by atoms with Crippen LogP contribution in [0.5, 0.6) is 5.75 Å².